The van der Waals surface area contributed by atoms with Gasteiger partial charge in [0.25, 0.3) is 0 Å². The highest BCUT2D eigenvalue weighted by atomic mass is 35.5. The standard InChI is InChI=1S/C14H11ClN2O/c15-11-1-2-12-10(7-11)8-13(18-12)14(16)9-3-5-17-6-4-9/h1-8,14H,16H2. The van der Waals surface area contributed by atoms with Crippen LogP contribution >= 0.6 is 11.6 Å². The fourth-order valence-corrected chi connectivity index (χ4v) is 2.10. The smallest absolute Gasteiger partial charge is 0.134 e. The van der Waals surface area contributed by atoms with Crippen LogP contribution in [0.5, 0.6) is 0 Å². The first-order valence-corrected chi connectivity index (χ1v) is 5.96. The van der Waals surface area contributed by atoms with Gasteiger partial charge < -0.3 is 10.2 Å². The van der Waals surface area contributed by atoms with Crippen LogP contribution in [0.2, 0.25) is 5.02 Å². The number of furan rings is 1. The molecule has 0 aliphatic heterocycles. The Kier molecular flexibility index (Phi) is 2.78. The third kappa shape index (κ3) is 1.98. The van der Waals surface area contributed by atoms with Gasteiger partial charge in [0.05, 0.1) is 6.04 Å². The highest BCUT2D eigenvalue weighted by Crippen LogP contribution is 2.28. The number of hydrogen-bond acceptors (Lipinski definition) is 3. The Balaban J connectivity index is 2.04. The molecule has 0 radical (unpaired) electrons. The van der Waals surface area contributed by atoms with Crippen LogP contribution in [0.25, 0.3) is 11.0 Å². The molecule has 0 aliphatic rings. The minimum absolute atomic E-state index is 0.292. The molecule has 1 aromatic carbocycles. The van der Waals surface area contributed by atoms with Crippen molar-refractivity contribution in [2.24, 2.45) is 5.73 Å². The summed E-state index contributed by atoms with van der Waals surface area (Å²) in [5.41, 5.74) is 7.92. The molecular weight excluding hydrogens is 248 g/mol. The maximum atomic E-state index is 6.16. The molecule has 0 spiro atoms. The lowest BCUT2D eigenvalue weighted by Gasteiger charge is -2.07. The lowest BCUT2D eigenvalue weighted by atomic mass is 10.1. The molecule has 0 saturated heterocycles. The number of fused-ring (bicyclic) bond motifs is 1. The molecule has 3 rings (SSSR count). The van der Waals surface area contributed by atoms with E-state index in [-0.39, 0.29) is 6.04 Å². The quantitative estimate of drug-likeness (QED) is 0.765. The molecule has 2 heterocycles. The van der Waals surface area contributed by atoms with E-state index in [2.05, 4.69) is 4.98 Å². The number of hydrogen-bond donors (Lipinski definition) is 1. The third-order valence-corrected chi connectivity index (χ3v) is 3.10. The number of rotatable bonds is 2. The Hall–Kier alpha value is -1.84. The Bertz CT molecular complexity index is 679. The van der Waals surface area contributed by atoms with Gasteiger partial charge in [-0.05, 0) is 42.0 Å². The topological polar surface area (TPSA) is 52.0 Å². The van der Waals surface area contributed by atoms with Crippen LogP contribution in [-0.4, -0.2) is 4.98 Å². The maximum Gasteiger partial charge on any atom is 0.134 e. The van der Waals surface area contributed by atoms with Crippen molar-refractivity contribution in [3.05, 3.63) is 65.1 Å². The first kappa shape index (κ1) is 11.3. The van der Waals surface area contributed by atoms with Crippen molar-refractivity contribution in [2.75, 3.05) is 0 Å². The average Bonchev–Trinajstić information content (AvgIpc) is 2.81. The van der Waals surface area contributed by atoms with Crippen LogP contribution in [0.15, 0.2) is 53.2 Å². The number of nitrogens with zero attached hydrogens (tertiary/aromatic N) is 1. The average molecular weight is 259 g/mol. The Labute approximate surface area is 109 Å². The monoisotopic (exact) mass is 258 g/mol. The summed E-state index contributed by atoms with van der Waals surface area (Å²) in [6.45, 7) is 0. The molecule has 3 nitrogen and oxygen atoms in total. The first-order chi connectivity index (χ1) is 8.74. The number of halogens is 1. The molecule has 0 amide bonds. The molecule has 2 aromatic heterocycles. The summed E-state index contributed by atoms with van der Waals surface area (Å²) >= 11 is 5.94. The highest BCUT2D eigenvalue weighted by Gasteiger charge is 2.14. The predicted molar refractivity (Wildman–Crippen MR) is 71.5 cm³/mol. The van der Waals surface area contributed by atoms with Gasteiger partial charge in [-0.2, -0.15) is 0 Å². The fourth-order valence-electron chi connectivity index (χ4n) is 1.92. The molecule has 90 valence electrons. The Morgan fingerprint density at radius 3 is 2.67 bits per heavy atom. The second-order valence-electron chi connectivity index (χ2n) is 4.09. The van der Waals surface area contributed by atoms with E-state index < -0.39 is 0 Å². The number of nitrogens with two attached hydrogens (primary N) is 1. The van der Waals surface area contributed by atoms with Crippen LogP contribution in [-0.2, 0) is 0 Å². The van der Waals surface area contributed by atoms with Crippen LogP contribution < -0.4 is 5.73 Å². The van der Waals surface area contributed by atoms with Gasteiger partial charge in [0.2, 0.25) is 0 Å². The van der Waals surface area contributed by atoms with Crippen molar-refractivity contribution in [3.8, 4) is 0 Å². The summed E-state index contributed by atoms with van der Waals surface area (Å²) in [6, 6.07) is 10.9. The van der Waals surface area contributed by atoms with Crippen molar-refractivity contribution < 1.29 is 4.42 Å². The SMILES string of the molecule is NC(c1ccncc1)c1cc2cc(Cl)ccc2o1. The molecule has 2 N–H and O–H groups in total. The molecule has 1 unspecified atom stereocenters. The van der Waals surface area contributed by atoms with E-state index in [1.807, 2.05) is 30.3 Å². The summed E-state index contributed by atoms with van der Waals surface area (Å²) in [5, 5.41) is 1.65. The lowest BCUT2D eigenvalue weighted by molar-refractivity contribution is 0.525. The normalized spacial score (nSPS) is 12.8. The van der Waals surface area contributed by atoms with Crippen molar-refractivity contribution in [3.63, 3.8) is 0 Å². The van der Waals surface area contributed by atoms with E-state index >= 15 is 0 Å². The Morgan fingerprint density at radius 1 is 1.11 bits per heavy atom. The highest BCUT2D eigenvalue weighted by molar-refractivity contribution is 6.31. The first-order valence-electron chi connectivity index (χ1n) is 5.58. The van der Waals surface area contributed by atoms with Gasteiger partial charge in [-0.1, -0.05) is 11.6 Å². The lowest BCUT2D eigenvalue weighted by Crippen LogP contribution is -2.10. The summed E-state index contributed by atoms with van der Waals surface area (Å²) < 4.78 is 5.74. The van der Waals surface area contributed by atoms with Gasteiger partial charge in [0.1, 0.15) is 11.3 Å². The molecule has 0 bridgehead atoms. The van der Waals surface area contributed by atoms with Crippen molar-refractivity contribution in [2.45, 2.75) is 6.04 Å². The second-order valence-corrected chi connectivity index (χ2v) is 4.53. The van der Waals surface area contributed by atoms with Crippen LogP contribution in [0.1, 0.15) is 17.4 Å². The molecule has 18 heavy (non-hydrogen) atoms. The number of benzene rings is 1. The van der Waals surface area contributed by atoms with E-state index in [0.717, 1.165) is 22.3 Å². The molecule has 0 fully saturated rings. The third-order valence-electron chi connectivity index (χ3n) is 2.87. The zero-order valence-electron chi connectivity index (χ0n) is 9.51. The number of aromatic nitrogens is 1. The predicted octanol–water partition coefficient (Wildman–Crippen LogP) is 3.53. The van der Waals surface area contributed by atoms with E-state index in [0.29, 0.717) is 5.02 Å². The molecule has 0 aliphatic carbocycles. The van der Waals surface area contributed by atoms with Gasteiger partial charge in [-0.25, -0.2) is 0 Å². The zero-order chi connectivity index (χ0) is 12.5. The minimum atomic E-state index is -0.292. The van der Waals surface area contributed by atoms with Crippen LogP contribution in [0.3, 0.4) is 0 Å². The van der Waals surface area contributed by atoms with E-state index in [1.165, 1.54) is 0 Å². The zero-order valence-corrected chi connectivity index (χ0v) is 10.3. The van der Waals surface area contributed by atoms with Gasteiger partial charge in [-0.3, -0.25) is 4.98 Å². The van der Waals surface area contributed by atoms with Gasteiger partial charge in [0, 0.05) is 22.8 Å². The molecule has 1 atom stereocenters. The van der Waals surface area contributed by atoms with E-state index in [9.17, 15) is 0 Å². The van der Waals surface area contributed by atoms with Crippen molar-refractivity contribution in [1.82, 2.24) is 4.98 Å². The van der Waals surface area contributed by atoms with Crippen LogP contribution in [0, 0.1) is 0 Å². The Morgan fingerprint density at radius 2 is 1.89 bits per heavy atom. The van der Waals surface area contributed by atoms with Gasteiger partial charge in [0.15, 0.2) is 0 Å². The van der Waals surface area contributed by atoms with Crippen molar-refractivity contribution in [1.29, 1.82) is 0 Å². The van der Waals surface area contributed by atoms with E-state index in [4.69, 9.17) is 21.8 Å². The molecule has 3 aromatic rings. The maximum absolute atomic E-state index is 6.16. The summed E-state index contributed by atoms with van der Waals surface area (Å²) in [6.07, 6.45) is 3.43. The molecular formula is C14H11ClN2O. The largest absolute Gasteiger partial charge is 0.459 e. The molecule has 0 saturated carbocycles. The minimum Gasteiger partial charge on any atom is -0.459 e. The summed E-state index contributed by atoms with van der Waals surface area (Å²) in [5.74, 6) is 0.721. The second kappa shape index (κ2) is 4.44. The summed E-state index contributed by atoms with van der Waals surface area (Å²) in [4.78, 5) is 3.97. The van der Waals surface area contributed by atoms with Crippen molar-refractivity contribution >= 4 is 22.6 Å². The fraction of sp³-hybridized carbons (Fsp3) is 0.0714. The van der Waals surface area contributed by atoms with Gasteiger partial charge in [-0.15, -0.1) is 0 Å². The van der Waals surface area contributed by atoms with Gasteiger partial charge >= 0.3 is 0 Å². The molecule has 4 heteroatoms. The number of pyridine rings is 1. The summed E-state index contributed by atoms with van der Waals surface area (Å²) in [7, 11) is 0. The van der Waals surface area contributed by atoms with E-state index in [1.54, 1.807) is 18.5 Å². The van der Waals surface area contributed by atoms with Crippen LogP contribution in [0.4, 0.5) is 0 Å².